The van der Waals surface area contributed by atoms with Crippen LogP contribution in [-0.2, 0) is 4.74 Å². The molecule has 1 atom stereocenters. The quantitative estimate of drug-likeness (QED) is 0.824. The highest BCUT2D eigenvalue weighted by molar-refractivity contribution is 5.69. The van der Waals surface area contributed by atoms with Crippen molar-refractivity contribution in [1.82, 2.24) is 4.90 Å². The first-order chi connectivity index (χ1) is 8.37. The highest BCUT2D eigenvalue weighted by Gasteiger charge is 2.40. The standard InChI is InChI=1S/C14H25NO3/c1-14(2,3)18-13(17)15-8-11(9-15)12(16)10-6-4-5-7-10/h10-12,16H,4-9H2,1-3H3. The Morgan fingerprint density at radius 1 is 1.22 bits per heavy atom. The van der Waals surface area contributed by atoms with Gasteiger partial charge in [-0.2, -0.15) is 0 Å². The molecule has 1 saturated heterocycles. The number of nitrogens with zero attached hydrogens (tertiary/aromatic N) is 1. The first-order valence-electron chi connectivity index (χ1n) is 7.03. The van der Waals surface area contributed by atoms with Gasteiger partial charge in [0.2, 0.25) is 0 Å². The molecule has 1 aliphatic heterocycles. The predicted molar refractivity (Wildman–Crippen MR) is 69.3 cm³/mol. The van der Waals surface area contributed by atoms with Crippen molar-refractivity contribution >= 4 is 6.09 Å². The second kappa shape index (κ2) is 5.08. The summed E-state index contributed by atoms with van der Waals surface area (Å²) in [7, 11) is 0. The summed E-state index contributed by atoms with van der Waals surface area (Å²) in [5.41, 5.74) is -0.438. The van der Waals surface area contributed by atoms with Crippen molar-refractivity contribution in [2.24, 2.45) is 11.8 Å². The van der Waals surface area contributed by atoms with Crippen molar-refractivity contribution in [1.29, 1.82) is 0 Å². The number of carbonyl (C=O) groups is 1. The molecule has 1 aliphatic carbocycles. The van der Waals surface area contributed by atoms with Crippen LogP contribution in [0.5, 0.6) is 0 Å². The molecule has 0 aromatic heterocycles. The van der Waals surface area contributed by atoms with E-state index in [1.165, 1.54) is 12.8 Å². The van der Waals surface area contributed by atoms with Crippen LogP contribution in [0.15, 0.2) is 0 Å². The van der Waals surface area contributed by atoms with Crippen LogP contribution in [0.2, 0.25) is 0 Å². The number of aliphatic hydroxyl groups excluding tert-OH is 1. The third-order valence-corrected chi connectivity index (χ3v) is 3.93. The van der Waals surface area contributed by atoms with E-state index in [-0.39, 0.29) is 18.1 Å². The van der Waals surface area contributed by atoms with E-state index in [0.717, 1.165) is 12.8 Å². The van der Waals surface area contributed by atoms with E-state index >= 15 is 0 Å². The van der Waals surface area contributed by atoms with Crippen molar-refractivity contribution in [3.63, 3.8) is 0 Å². The molecule has 104 valence electrons. The van der Waals surface area contributed by atoms with Crippen LogP contribution in [-0.4, -0.2) is 40.9 Å². The maximum absolute atomic E-state index is 11.8. The third-order valence-electron chi connectivity index (χ3n) is 3.93. The van der Waals surface area contributed by atoms with Crippen molar-refractivity contribution < 1.29 is 14.6 Å². The van der Waals surface area contributed by atoms with E-state index in [1.807, 2.05) is 20.8 Å². The smallest absolute Gasteiger partial charge is 0.410 e. The molecular weight excluding hydrogens is 230 g/mol. The molecule has 2 fully saturated rings. The van der Waals surface area contributed by atoms with Gasteiger partial charge >= 0.3 is 6.09 Å². The minimum atomic E-state index is -0.438. The van der Waals surface area contributed by atoms with Crippen molar-refractivity contribution in [2.45, 2.75) is 58.2 Å². The fourth-order valence-electron chi connectivity index (χ4n) is 2.89. The first-order valence-corrected chi connectivity index (χ1v) is 7.03. The highest BCUT2D eigenvalue weighted by atomic mass is 16.6. The lowest BCUT2D eigenvalue weighted by Crippen LogP contribution is -2.56. The van der Waals surface area contributed by atoms with Gasteiger partial charge in [0.15, 0.2) is 0 Å². The van der Waals surface area contributed by atoms with Crippen LogP contribution in [0.3, 0.4) is 0 Å². The van der Waals surface area contributed by atoms with E-state index in [0.29, 0.717) is 19.0 Å². The van der Waals surface area contributed by atoms with Crippen LogP contribution >= 0.6 is 0 Å². The van der Waals surface area contributed by atoms with Crippen LogP contribution < -0.4 is 0 Å². The molecule has 0 bridgehead atoms. The van der Waals surface area contributed by atoms with Gasteiger partial charge in [-0.1, -0.05) is 12.8 Å². The third kappa shape index (κ3) is 3.16. The second-order valence-electron chi connectivity index (χ2n) is 6.68. The normalized spacial score (nSPS) is 23.9. The molecule has 1 heterocycles. The Bertz CT molecular complexity index is 299. The molecule has 0 aromatic carbocycles. The van der Waals surface area contributed by atoms with E-state index in [2.05, 4.69) is 0 Å². The SMILES string of the molecule is CC(C)(C)OC(=O)N1CC(C(O)C2CCCC2)C1. The maximum Gasteiger partial charge on any atom is 0.410 e. The molecule has 1 saturated carbocycles. The Morgan fingerprint density at radius 3 is 2.28 bits per heavy atom. The maximum atomic E-state index is 11.8. The number of hydrogen-bond acceptors (Lipinski definition) is 3. The summed E-state index contributed by atoms with van der Waals surface area (Å²) in [6.07, 6.45) is 4.28. The molecule has 1 amide bonds. The van der Waals surface area contributed by atoms with E-state index in [4.69, 9.17) is 4.74 Å². The topological polar surface area (TPSA) is 49.8 Å². The monoisotopic (exact) mass is 255 g/mol. The summed E-state index contributed by atoms with van der Waals surface area (Å²) < 4.78 is 5.30. The molecule has 1 unspecified atom stereocenters. The van der Waals surface area contributed by atoms with Crippen LogP contribution in [0.25, 0.3) is 0 Å². The van der Waals surface area contributed by atoms with Crippen LogP contribution in [0.1, 0.15) is 46.5 Å². The molecular formula is C14H25NO3. The molecule has 18 heavy (non-hydrogen) atoms. The van der Waals surface area contributed by atoms with Gasteiger partial charge in [0.25, 0.3) is 0 Å². The molecule has 2 aliphatic rings. The molecule has 2 rings (SSSR count). The molecule has 0 radical (unpaired) electrons. The fourth-order valence-corrected chi connectivity index (χ4v) is 2.89. The molecule has 1 N–H and O–H groups in total. The Kier molecular flexibility index (Phi) is 3.85. The summed E-state index contributed by atoms with van der Waals surface area (Å²) in [5.74, 6) is 0.705. The average Bonchev–Trinajstić information content (AvgIpc) is 2.63. The average molecular weight is 255 g/mol. The number of hydrogen-bond donors (Lipinski definition) is 1. The molecule has 4 heteroatoms. The number of aliphatic hydroxyl groups is 1. The zero-order valence-electron chi connectivity index (χ0n) is 11.7. The van der Waals surface area contributed by atoms with Crippen molar-refractivity contribution in [3.05, 3.63) is 0 Å². The number of rotatable bonds is 2. The summed E-state index contributed by atoms with van der Waals surface area (Å²) in [6.45, 7) is 6.90. The lowest BCUT2D eigenvalue weighted by atomic mass is 9.85. The lowest BCUT2D eigenvalue weighted by molar-refractivity contribution is -0.0462. The minimum absolute atomic E-state index is 0.230. The molecule has 4 nitrogen and oxygen atoms in total. The Hall–Kier alpha value is -0.770. The Balaban J connectivity index is 1.74. The van der Waals surface area contributed by atoms with Gasteiger partial charge in [0.05, 0.1) is 6.10 Å². The second-order valence-corrected chi connectivity index (χ2v) is 6.68. The molecule has 0 spiro atoms. The van der Waals surface area contributed by atoms with Crippen LogP contribution in [0.4, 0.5) is 4.79 Å². The zero-order valence-corrected chi connectivity index (χ0v) is 11.7. The molecule has 0 aromatic rings. The number of likely N-dealkylation sites (tertiary alicyclic amines) is 1. The van der Waals surface area contributed by atoms with Crippen LogP contribution in [0, 0.1) is 11.8 Å². The Labute approximate surface area is 109 Å². The first kappa shape index (κ1) is 13.7. The van der Waals surface area contributed by atoms with Gasteiger partial charge in [0, 0.05) is 19.0 Å². The minimum Gasteiger partial charge on any atom is -0.444 e. The van der Waals surface area contributed by atoms with Gasteiger partial charge in [-0.15, -0.1) is 0 Å². The summed E-state index contributed by atoms with van der Waals surface area (Å²) in [4.78, 5) is 13.4. The van der Waals surface area contributed by atoms with Crippen molar-refractivity contribution in [3.8, 4) is 0 Å². The summed E-state index contributed by atoms with van der Waals surface area (Å²) in [5, 5.41) is 10.2. The van der Waals surface area contributed by atoms with Crippen molar-refractivity contribution in [2.75, 3.05) is 13.1 Å². The van der Waals surface area contributed by atoms with E-state index in [1.54, 1.807) is 4.90 Å². The van der Waals surface area contributed by atoms with E-state index < -0.39 is 5.60 Å². The lowest BCUT2D eigenvalue weighted by Gasteiger charge is -2.43. The summed E-state index contributed by atoms with van der Waals surface area (Å²) in [6, 6.07) is 0. The van der Waals surface area contributed by atoms with Gasteiger partial charge < -0.3 is 14.7 Å². The van der Waals surface area contributed by atoms with Gasteiger partial charge in [0.1, 0.15) is 5.60 Å². The number of ether oxygens (including phenoxy) is 1. The van der Waals surface area contributed by atoms with Gasteiger partial charge in [-0.05, 0) is 39.5 Å². The summed E-state index contributed by atoms with van der Waals surface area (Å²) >= 11 is 0. The van der Waals surface area contributed by atoms with E-state index in [9.17, 15) is 9.90 Å². The predicted octanol–water partition coefficient (Wildman–Crippen LogP) is 2.40. The van der Waals surface area contributed by atoms with Gasteiger partial charge in [-0.3, -0.25) is 0 Å². The number of amides is 1. The Morgan fingerprint density at radius 2 is 1.78 bits per heavy atom. The van der Waals surface area contributed by atoms with Gasteiger partial charge in [-0.25, -0.2) is 4.79 Å². The zero-order chi connectivity index (χ0) is 13.3. The highest BCUT2D eigenvalue weighted by Crippen LogP contribution is 2.34. The fraction of sp³-hybridized carbons (Fsp3) is 0.929. The largest absolute Gasteiger partial charge is 0.444 e. The number of carbonyl (C=O) groups excluding carboxylic acids is 1.